The number of hydrogen-bond acceptors (Lipinski definition) is 3. The van der Waals surface area contributed by atoms with E-state index in [1.165, 1.54) is 0 Å². The van der Waals surface area contributed by atoms with E-state index in [4.69, 9.17) is 4.42 Å². The number of carbonyl (C=O) groups excluding carboxylic acids is 2. The van der Waals surface area contributed by atoms with E-state index in [0.717, 1.165) is 5.39 Å². The van der Waals surface area contributed by atoms with Gasteiger partial charge in [-0.3, -0.25) is 9.59 Å². The lowest BCUT2D eigenvalue weighted by Crippen LogP contribution is -2.41. The van der Waals surface area contributed by atoms with Gasteiger partial charge in [0, 0.05) is 10.9 Å². The molecule has 1 heterocycles. The van der Waals surface area contributed by atoms with E-state index in [2.05, 4.69) is 10.6 Å². The first-order valence-electron chi connectivity index (χ1n) is 7.28. The maximum atomic E-state index is 12.3. The predicted molar refractivity (Wildman–Crippen MR) is 88.2 cm³/mol. The molecule has 0 saturated heterocycles. The van der Waals surface area contributed by atoms with Crippen LogP contribution in [-0.2, 0) is 4.79 Å². The molecule has 5 nitrogen and oxygen atoms in total. The Balaban J connectivity index is 1.68. The molecule has 2 N–H and O–H groups in total. The third kappa shape index (κ3) is 3.23. The van der Waals surface area contributed by atoms with Crippen LogP contribution in [0.3, 0.4) is 0 Å². The van der Waals surface area contributed by atoms with Crippen LogP contribution in [0.5, 0.6) is 0 Å². The molecule has 1 atom stereocenters. The summed E-state index contributed by atoms with van der Waals surface area (Å²) in [5.74, 6) is -0.595. The predicted octanol–water partition coefficient (Wildman–Crippen LogP) is 3.19. The van der Waals surface area contributed by atoms with Crippen LogP contribution < -0.4 is 10.6 Å². The van der Waals surface area contributed by atoms with Crippen LogP contribution >= 0.6 is 0 Å². The molecule has 0 aliphatic rings. The van der Waals surface area contributed by atoms with Gasteiger partial charge in [-0.1, -0.05) is 30.3 Å². The van der Waals surface area contributed by atoms with Crippen LogP contribution in [0, 0.1) is 0 Å². The van der Waals surface area contributed by atoms with Crippen molar-refractivity contribution in [3.8, 4) is 0 Å². The van der Waals surface area contributed by atoms with Crippen molar-refractivity contribution >= 4 is 28.5 Å². The van der Waals surface area contributed by atoms with E-state index < -0.39 is 6.04 Å². The number of fused-ring (bicyclic) bond motifs is 1. The van der Waals surface area contributed by atoms with Crippen LogP contribution in [0.4, 0.5) is 5.69 Å². The molecule has 0 aliphatic heterocycles. The number of hydrogen-bond donors (Lipinski definition) is 2. The highest BCUT2D eigenvalue weighted by atomic mass is 16.3. The molecule has 0 aliphatic carbocycles. The largest absolute Gasteiger partial charge is 0.462 e. The lowest BCUT2D eigenvalue weighted by molar-refractivity contribution is -0.117. The Morgan fingerprint density at radius 2 is 1.78 bits per heavy atom. The molecule has 3 rings (SSSR count). The standard InChI is InChI=1S/C18H16N2O3/c1-12(19-18(22)14-6-3-2-4-7-14)17(21)20-15-9-5-8-13-10-11-23-16(13)15/h2-12H,1H3,(H,19,22)(H,20,21). The number of furan rings is 1. The molecular weight excluding hydrogens is 292 g/mol. The van der Waals surface area contributed by atoms with Gasteiger partial charge in [0.15, 0.2) is 5.58 Å². The van der Waals surface area contributed by atoms with Crippen LogP contribution in [0.15, 0.2) is 65.3 Å². The highest BCUT2D eigenvalue weighted by Crippen LogP contribution is 2.24. The van der Waals surface area contributed by atoms with Gasteiger partial charge in [0.2, 0.25) is 5.91 Å². The van der Waals surface area contributed by atoms with Gasteiger partial charge in [0.05, 0.1) is 12.0 Å². The number of nitrogens with one attached hydrogen (secondary N) is 2. The Morgan fingerprint density at radius 3 is 2.57 bits per heavy atom. The molecule has 23 heavy (non-hydrogen) atoms. The van der Waals surface area contributed by atoms with E-state index in [1.807, 2.05) is 24.3 Å². The third-order valence-electron chi connectivity index (χ3n) is 3.51. The van der Waals surface area contributed by atoms with Crippen molar-refractivity contribution in [2.24, 2.45) is 0 Å². The Hall–Kier alpha value is -3.08. The van der Waals surface area contributed by atoms with E-state index in [9.17, 15) is 9.59 Å². The average molecular weight is 308 g/mol. The van der Waals surface area contributed by atoms with Gasteiger partial charge in [-0.25, -0.2) is 0 Å². The molecule has 0 saturated carbocycles. The molecule has 3 aromatic rings. The maximum Gasteiger partial charge on any atom is 0.251 e. The van der Waals surface area contributed by atoms with Gasteiger partial charge in [-0.2, -0.15) is 0 Å². The van der Waals surface area contributed by atoms with Gasteiger partial charge in [0.25, 0.3) is 5.91 Å². The zero-order valence-electron chi connectivity index (χ0n) is 12.6. The van der Waals surface area contributed by atoms with Crippen LogP contribution in [0.25, 0.3) is 11.0 Å². The molecule has 2 aromatic carbocycles. The second kappa shape index (κ2) is 6.36. The summed E-state index contributed by atoms with van der Waals surface area (Å²) >= 11 is 0. The number of amides is 2. The van der Waals surface area contributed by atoms with Gasteiger partial charge in [-0.15, -0.1) is 0 Å². The summed E-state index contributed by atoms with van der Waals surface area (Å²) in [4.78, 5) is 24.4. The third-order valence-corrected chi connectivity index (χ3v) is 3.51. The molecule has 0 fully saturated rings. The first kappa shape index (κ1) is 14.8. The van der Waals surface area contributed by atoms with Crippen molar-refractivity contribution in [1.82, 2.24) is 5.32 Å². The first-order chi connectivity index (χ1) is 11.1. The molecule has 5 heteroatoms. The summed E-state index contributed by atoms with van der Waals surface area (Å²) in [5, 5.41) is 6.36. The molecule has 2 amide bonds. The zero-order chi connectivity index (χ0) is 16.2. The molecule has 0 spiro atoms. The topological polar surface area (TPSA) is 71.3 Å². The number of para-hydroxylation sites is 1. The van der Waals surface area contributed by atoms with Crippen molar-refractivity contribution in [3.63, 3.8) is 0 Å². The van der Waals surface area contributed by atoms with Gasteiger partial charge in [0.1, 0.15) is 6.04 Å². The van der Waals surface area contributed by atoms with Crippen LogP contribution in [0.1, 0.15) is 17.3 Å². The molecule has 116 valence electrons. The average Bonchev–Trinajstić information content (AvgIpc) is 3.05. The summed E-state index contributed by atoms with van der Waals surface area (Å²) in [6.45, 7) is 1.64. The van der Waals surface area contributed by atoms with Crippen LogP contribution in [0.2, 0.25) is 0 Å². The number of carbonyl (C=O) groups is 2. The lowest BCUT2D eigenvalue weighted by atomic mass is 10.2. The van der Waals surface area contributed by atoms with Gasteiger partial charge < -0.3 is 15.1 Å². The van der Waals surface area contributed by atoms with E-state index in [-0.39, 0.29) is 11.8 Å². The van der Waals surface area contributed by atoms with Crippen molar-refractivity contribution in [2.75, 3.05) is 5.32 Å². The molecular formula is C18H16N2O3. The highest BCUT2D eigenvalue weighted by Gasteiger charge is 2.17. The Morgan fingerprint density at radius 1 is 1.00 bits per heavy atom. The van der Waals surface area contributed by atoms with Crippen molar-refractivity contribution < 1.29 is 14.0 Å². The van der Waals surface area contributed by atoms with E-state index >= 15 is 0 Å². The lowest BCUT2D eigenvalue weighted by Gasteiger charge is -2.14. The fourth-order valence-electron chi connectivity index (χ4n) is 2.27. The minimum absolute atomic E-state index is 0.288. The second-order valence-corrected chi connectivity index (χ2v) is 5.19. The highest BCUT2D eigenvalue weighted by molar-refractivity contribution is 6.04. The summed E-state index contributed by atoms with van der Waals surface area (Å²) < 4.78 is 5.38. The Kier molecular flexibility index (Phi) is 4.10. The second-order valence-electron chi connectivity index (χ2n) is 5.19. The minimum Gasteiger partial charge on any atom is -0.462 e. The number of benzene rings is 2. The molecule has 1 unspecified atom stereocenters. The summed E-state index contributed by atoms with van der Waals surface area (Å²) in [5.41, 5.74) is 1.71. The summed E-state index contributed by atoms with van der Waals surface area (Å²) in [6, 6.07) is 15.4. The van der Waals surface area contributed by atoms with Crippen molar-refractivity contribution in [2.45, 2.75) is 13.0 Å². The monoisotopic (exact) mass is 308 g/mol. The minimum atomic E-state index is -0.673. The number of rotatable bonds is 4. The molecule has 0 bridgehead atoms. The first-order valence-corrected chi connectivity index (χ1v) is 7.28. The fraction of sp³-hybridized carbons (Fsp3) is 0.111. The zero-order valence-corrected chi connectivity index (χ0v) is 12.6. The van der Waals surface area contributed by atoms with Crippen molar-refractivity contribution in [3.05, 3.63) is 66.4 Å². The fourth-order valence-corrected chi connectivity index (χ4v) is 2.27. The summed E-state index contributed by atoms with van der Waals surface area (Å²) in [7, 11) is 0. The normalized spacial score (nSPS) is 11.9. The smallest absolute Gasteiger partial charge is 0.251 e. The van der Waals surface area contributed by atoms with Crippen molar-refractivity contribution in [1.29, 1.82) is 0 Å². The molecule has 0 radical (unpaired) electrons. The number of anilines is 1. The van der Waals surface area contributed by atoms with Crippen LogP contribution in [-0.4, -0.2) is 17.9 Å². The quantitative estimate of drug-likeness (QED) is 0.777. The van der Waals surface area contributed by atoms with Gasteiger partial charge >= 0.3 is 0 Å². The Bertz CT molecular complexity index is 840. The molecule has 1 aromatic heterocycles. The summed E-state index contributed by atoms with van der Waals surface area (Å²) in [6.07, 6.45) is 1.57. The maximum absolute atomic E-state index is 12.3. The van der Waals surface area contributed by atoms with E-state index in [0.29, 0.717) is 16.8 Å². The Labute approximate surface area is 133 Å². The van der Waals surface area contributed by atoms with Gasteiger partial charge in [-0.05, 0) is 31.2 Å². The SMILES string of the molecule is CC(NC(=O)c1ccccc1)C(=O)Nc1cccc2ccoc12. The van der Waals surface area contributed by atoms with E-state index in [1.54, 1.807) is 43.5 Å².